The van der Waals surface area contributed by atoms with E-state index in [9.17, 15) is 4.39 Å². The standard InChI is InChI=1S/C9H13FN2O.ClH/c1-6-8(7(2)13-12-6)3-9(10)4-11-5-9;/h11H,3-5H2,1-2H3;1H. The molecule has 0 aliphatic carbocycles. The summed E-state index contributed by atoms with van der Waals surface area (Å²) in [6, 6.07) is 0. The zero-order valence-electron chi connectivity index (χ0n) is 8.26. The number of hydrogen-bond donors (Lipinski definition) is 1. The van der Waals surface area contributed by atoms with Gasteiger partial charge < -0.3 is 9.84 Å². The van der Waals surface area contributed by atoms with Crippen molar-refractivity contribution in [2.45, 2.75) is 25.9 Å². The van der Waals surface area contributed by atoms with Crippen molar-refractivity contribution in [2.24, 2.45) is 0 Å². The van der Waals surface area contributed by atoms with Crippen LogP contribution in [0.15, 0.2) is 4.52 Å². The number of nitrogens with one attached hydrogen (secondary N) is 1. The van der Waals surface area contributed by atoms with E-state index in [1.807, 2.05) is 13.8 Å². The molecule has 1 aromatic heterocycles. The second-order valence-electron chi connectivity index (χ2n) is 3.73. The quantitative estimate of drug-likeness (QED) is 0.822. The highest BCUT2D eigenvalue weighted by atomic mass is 35.5. The van der Waals surface area contributed by atoms with Crippen molar-refractivity contribution in [3.63, 3.8) is 0 Å². The fourth-order valence-electron chi connectivity index (χ4n) is 1.59. The molecule has 0 unspecified atom stereocenters. The third-order valence-electron chi connectivity index (χ3n) is 2.56. The smallest absolute Gasteiger partial charge is 0.139 e. The third kappa shape index (κ3) is 1.91. The average molecular weight is 221 g/mol. The molecule has 0 amide bonds. The average Bonchev–Trinajstić information content (AvgIpc) is 2.33. The first-order valence-corrected chi connectivity index (χ1v) is 4.42. The summed E-state index contributed by atoms with van der Waals surface area (Å²) in [5.41, 5.74) is 0.645. The lowest BCUT2D eigenvalue weighted by Gasteiger charge is -2.34. The van der Waals surface area contributed by atoms with Crippen LogP contribution in [0, 0.1) is 13.8 Å². The molecule has 14 heavy (non-hydrogen) atoms. The summed E-state index contributed by atoms with van der Waals surface area (Å²) in [7, 11) is 0. The summed E-state index contributed by atoms with van der Waals surface area (Å²) >= 11 is 0. The number of halogens is 2. The van der Waals surface area contributed by atoms with Crippen LogP contribution in [-0.4, -0.2) is 23.9 Å². The molecule has 0 spiro atoms. The van der Waals surface area contributed by atoms with Crippen LogP contribution in [0.5, 0.6) is 0 Å². The van der Waals surface area contributed by atoms with Crippen LogP contribution in [0.4, 0.5) is 4.39 Å². The lowest BCUT2D eigenvalue weighted by molar-refractivity contribution is 0.0906. The molecule has 2 heterocycles. The molecule has 1 saturated heterocycles. The Labute approximate surface area is 88.4 Å². The number of hydrogen-bond acceptors (Lipinski definition) is 3. The molecule has 0 saturated carbocycles. The highest BCUT2D eigenvalue weighted by molar-refractivity contribution is 5.85. The summed E-state index contributed by atoms with van der Waals surface area (Å²) in [5.74, 6) is 0.737. The first-order chi connectivity index (χ1) is 6.11. The normalized spacial score (nSPS) is 18.5. The summed E-state index contributed by atoms with van der Waals surface area (Å²) < 4.78 is 18.7. The van der Waals surface area contributed by atoms with Gasteiger partial charge in [-0.1, -0.05) is 5.16 Å². The van der Waals surface area contributed by atoms with Gasteiger partial charge in [-0.15, -0.1) is 12.4 Å². The lowest BCUT2D eigenvalue weighted by atomic mass is 9.90. The van der Waals surface area contributed by atoms with Gasteiger partial charge in [0.05, 0.1) is 5.69 Å². The van der Waals surface area contributed by atoms with E-state index in [1.54, 1.807) is 0 Å². The summed E-state index contributed by atoms with van der Waals surface area (Å²) in [4.78, 5) is 0. The molecule has 1 aliphatic heterocycles. The first-order valence-electron chi connectivity index (χ1n) is 4.42. The van der Waals surface area contributed by atoms with Crippen LogP contribution in [0.25, 0.3) is 0 Å². The van der Waals surface area contributed by atoms with E-state index in [0.717, 1.165) is 17.0 Å². The molecule has 0 aromatic carbocycles. The van der Waals surface area contributed by atoms with E-state index >= 15 is 0 Å². The first kappa shape index (κ1) is 11.5. The van der Waals surface area contributed by atoms with Crippen LogP contribution in [-0.2, 0) is 6.42 Å². The second kappa shape index (κ2) is 3.87. The van der Waals surface area contributed by atoms with Crippen molar-refractivity contribution in [1.82, 2.24) is 10.5 Å². The van der Waals surface area contributed by atoms with E-state index in [2.05, 4.69) is 10.5 Å². The molecule has 0 bridgehead atoms. The molecule has 3 nitrogen and oxygen atoms in total. The van der Waals surface area contributed by atoms with Gasteiger partial charge in [-0.2, -0.15) is 0 Å². The van der Waals surface area contributed by atoms with Gasteiger partial charge in [-0.3, -0.25) is 0 Å². The maximum Gasteiger partial charge on any atom is 0.139 e. The summed E-state index contributed by atoms with van der Waals surface area (Å²) in [6.07, 6.45) is 0.418. The van der Waals surface area contributed by atoms with Gasteiger partial charge in [0.15, 0.2) is 0 Å². The zero-order chi connectivity index (χ0) is 9.47. The monoisotopic (exact) mass is 220 g/mol. The fraction of sp³-hybridized carbons (Fsp3) is 0.667. The van der Waals surface area contributed by atoms with Gasteiger partial charge in [-0.25, -0.2) is 4.39 Å². The number of rotatable bonds is 2. The Hall–Kier alpha value is -0.610. The molecule has 1 N–H and O–H groups in total. The molecule has 1 aliphatic rings. The summed E-state index contributed by atoms with van der Waals surface area (Å²) in [6.45, 7) is 4.56. The van der Waals surface area contributed by atoms with Gasteiger partial charge in [-0.05, 0) is 13.8 Å². The molecule has 5 heteroatoms. The van der Waals surface area contributed by atoms with Crippen LogP contribution in [0.3, 0.4) is 0 Å². The highest BCUT2D eigenvalue weighted by Crippen LogP contribution is 2.25. The van der Waals surface area contributed by atoms with Crippen LogP contribution in [0.2, 0.25) is 0 Å². The second-order valence-corrected chi connectivity index (χ2v) is 3.73. The molecule has 1 aromatic rings. The Balaban J connectivity index is 0.000000980. The van der Waals surface area contributed by atoms with Crippen molar-refractivity contribution < 1.29 is 8.91 Å². The number of aromatic nitrogens is 1. The molecule has 0 atom stereocenters. The molecule has 1 fully saturated rings. The molecule has 80 valence electrons. The fourth-order valence-corrected chi connectivity index (χ4v) is 1.59. The van der Waals surface area contributed by atoms with Gasteiger partial charge in [0.2, 0.25) is 0 Å². The van der Waals surface area contributed by atoms with E-state index in [1.165, 1.54) is 0 Å². The minimum atomic E-state index is -1.08. The van der Waals surface area contributed by atoms with Crippen LogP contribution in [0.1, 0.15) is 17.0 Å². The van der Waals surface area contributed by atoms with Crippen molar-refractivity contribution in [3.05, 3.63) is 17.0 Å². The van der Waals surface area contributed by atoms with Crippen LogP contribution < -0.4 is 5.32 Å². The van der Waals surface area contributed by atoms with Gasteiger partial charge >= 0.3 is 0 Å². The highest BCUT2D eigenvalue weighted by Gasteiger charge is 2.38. The third-order valence-corrected chi connectivity index (χ3v) is 2.56. The van der Waals surface area contributed by atoms with Crippen molar-refractivity contribution >= 4 is 12.4 Å². The van der Waals surface area contributed by atoms with Crippen molar-refractivity contribution in [1.29, 1.82) is 0 Å². The van der Waals surface area contributed by atoms with Crippen molar-refractivity contribution in [2.75, 3.05) is 13.1 Å². The minimum Gasteiger partial charge on any atom is -0.361 e. The van der Waals surface area contributed by atoms with E-state index in [-0.39, 0.29) is 12.4 Å². The zero-order valence-corrected chi connectivity index (χ0v) is 9.08. The Morgan fingerprint density at radius 1 is 1.50 bits per heavy atom. The van der Waals surface area contributed by atoms with Gasteiger partial charge in [0.25, 0.3) is 0 Å². The summed E-state index contributed by atoms with van der Waals surface area (Å²) in [5, 5.41) is 6.72. The number of aryl methyl sites for hydroxylation is 2. The maximum atomic E-state index is 13.7. The predicted molar refractivity (Wildman–Crippen MR) is 53.6 cm³/mol. The van der Waals surface area contributed by atoms with Gasteiger partial charge in [0.1, 0.15) is 11.4 Å². The Morgan fingerprint density at radius 2 is 2.14 bits per heavy atom. The number of alkyl halides is 1. The van der Waals surface area contributed by atoms with E-state index in [0.29, 0.717) is 19.5 Å². The Morgan fingerprint density at radius 3 is 2.50 bits per heavy atom. The molecule has 2 rings (SSSR count). The van der Waals surface area contributed by atoms with Crippen LogP contribution >= 0.6 is 12.4 Å². The predicted octanol–water partition coefficient (Wildman–Crippen LogP) is 1.57. The van der Waals surface area contributed by atoms with Crippen molar-refractivity contribution in [3.8, 4) is 0 Å². The van der Waals surface area contributed by atoms with E-state index in [4.69, 9.17) is 4.52 Å². The topological polar surface area (TPSA) is 38.1 Å². The molecular weight excluding hydrogens is 207 g/mol. The van der Waals surface area contributed by atoms with Gasteiger partial charge in [0, 0.05) is 25.1 Å². The number of nitrogens with zero attached hydrogens (tertiary/aromatic N) is 1. The largest absolute Gasteiger partial charge is 0.361 e. The molecular formula is C9H14ClFN2O. The Bertz CT molecular complexity index is 303. The lowest BCUT2D eigenvalue weighted by Crippen LogP contribution is -2.57. The SMILES string of the molecule is Cc1noc(C)c1CC1(F)CNC1.Cl. The van der Waals surface area contributed by atoms with E-state index < -0.39 is 5.67 Å². The Kier molecular flexibility index (Phi) is 3.17. The maximum absolute atomic E-state index is 13.7. The minimum absolute atomic E-state index is 0. The molecule has 0 radical (unpaired) electrons.